The van der Waals surface area contributed by atoms with E-state index in [2.05, 4.69) is 14.9 Å². The highest BCUT2D eigenvalue weighted by molar-refractivity contribution is 7.13. The highest BCUT2D eigenvalue weighted by Crippen LogP contribution is 2.36. The predicted octanol–water partition coefficient (Wildman–Crippen LogP) is 5.52. The Balaban J connectivity index is 1.48. The molecule has 2 atom stereocenters. The number of aromatic nitrogens is 3. The van der Waals surface area contributed by atoms with Crippen LogP contribution in [-0.4, -0.2) is 26.5 Å². The van der Waals surface area contributed by atoms with Crippen LogP contribution >= 0.6 is 11.3 Å². The van der Waals surface area contributed by atoms with Crippen LogP contribution in [0.5, 0.6) is 0 Å². The molecule has 3 heterocycles. The van der Waals surface area contributed by atoms with Crippen LogP contribution in [0, 0.1) is 12.7 Å². The number of carbonyl (C=O) groups is 1. The van der Waals surface area contributed by atoms with Gasteiger partial charge in [0.1, 0.15) is 17.2 Å². The maximum absolute atomic E-state index is 14.7. The normalized spacial score (nSPS) is 18.9. The highest BCUT2D eigenvalue weighted by atomic mass is 32.1. The Bertz CT molecular complexity index is 1250. The fraction of sp³-hybridized carbons (Fsp3) is 0.292. The number of hydrogen-bond acceptors (Lipinski definition) is 4. The second kappa shape index (κ2) is 8.23. The van der Waals surface area contributed by atoms with Crippen LogP contribution in [0.25, 0.3) is 22.6 Å². The molecule has 31 heavy (non-hydrogen) atoms. The lowest BCUT2D eigenvalue weighted by atomic mass is 9.90. The van der Waals surface area contributed by atoms with Gasteiger partial charge in [0.25, 0.3) is 5.91 Å². The van der Waals surface area contributed by atoms with Crippen molar-refractivity contribution in [1.29, 1.82) is 0 Å². The molecule has 0 aliphatic heterocycles. The van der Waals surface area contributed by atoms with Gasteiger partial charge in [-0.05, 0) is 69.0 Å². The van der Waals surface area contributed by atoms with Crippen molar-refractivity contribution in [3.05, 3.63) is 70.3 Å². The molecule has 0 saturated heterocycles. The second-order valence-electron chi connectivity index (χ2n) is 8.03. The van der Waals surface area contributed by atoms with Crippen molar-refractivity contribution in [1.82, 2.24) is 19.9 Å². The zero-order chi connectivity index (χ0) is 21.4. The molecule has 5 nitrogen and oxygen atoms in total. The molecular formula is C24H23FN4OS. The number of aryl methyl sites for hydroxylation is 1. The zero-order valence-corrected chi connectivity index (χ0v) is 18.0. The Morgan fingerprint density at radius 1 is 1.16 bits per heavy atom. The maximum Gasteiger partial charge on any atom is 0.261 e. The summed E-state index contributed by atoms with van der Waals surface area (Å²) < 4.78 is 16.7. The quantitative estimate of drug-likeness (QED) is 0.460. The van der Waals surface area contributed by atoms with E-state index in [1.54, 1.807) is 18.3 Å². The van der Waals surface area contributed by atoms with Crippen molar-refractivity contribution in [2.24, 2.45) is 0 Å². The molecule has 1 N–H and O–H groups in total. The zero-order valence-electron chi connectivity index (χ0n) is 17.2. The third kappa shape index (κ3) is 3.85. The average molecular weight is 435 g/mol. The maximum atomic E-state index is 14.7. The molecule has 0 unspecified atom stereocenters. The first kappa shape index (κ1) is 19.9. The monoisotopic (exact) mass is 434 g/mol. The third-order valence-corrected chi connectivity index (χ3v) is 6.87. The summed E-state index contributed by atoms with van der Waals surface area (Å²) in [5, 5.41) is 3.20. The van der Waals surface area contributed by atoms with Gasteiger partial charge in [0.2, 0.25) is 0 Å². The minimum atomic E-state index is -0.298. The third-order valence-electron chi connectivity index (χ3n) is 5.87. The molecular weight excluding hydrogens is 411 g/mol. The summed E-state index contributed by atoms with van der Waals surface area (Å²) >= 11 is 1.51. The smallest absolute Gasteiger partial charge is 0.261 e. The van der Waals surface area contributed by atoms with Crippen LogP contribution in [0.1, 0.15) is 46.3 Å². The van der Waals surface area contributed by atoms with Gasteiger partial charge in [-0.3, -0.25) is 4.79 Å². The number of hydrogen-bond donors (Lipinski definition) is 1. The summed E-state index contributed by atoms with van der Waals surface area (Å²) in [6.07, 6.45) is 5.35. The SMILES string of the molecule is Cc1ccc(C(=O)N[C@@H]2CCC[C@H](n3c(-c4ccccc4F)nc4cccnc43)C2)s1. The van der Waals surface area contributed by atoms with Gasteiger partial charge >= 0.3 is 0 Å². The topological polar surface area (TPSA) is 59.8 Å². The number of fused-ring (bicyclic) bond motifs is 1. The minimum Gasteiger partial charge on any atom is -0.349 e. The molecule has 158 valence electrons. The summed E-state index contributed by atoms with van der Waals surface area (Å²) in [5.74, 6) is 0.275. The van der Waals surface area contributed by atoms with Gasteiger partial charge in [-0.1, -0.05) is 12.1 Å². The van der Waals surface area contributed by atoms with Crippen LogP contribution in [0.3, 0.4) is 0 Å². The Labute approximate surface area is 184 Å². The van der Waals surface area contributed by atoms with Crippen LogP contribution < -0.4 is 5.32 Å². The lowest BCUT2D eigenvalue weighted by Gasteiger charge is -2.31. The first-order chi connectivity index (χ1) is 15.1. The van der Waals surface area contributed by atoms with Crippen molar-refractivity contribution in [2.75, 3.05) is 0 Å². The molecule has 7 heteroatoms. The number of halogens is 1. The standard InChI is InChI=1S/C24H23FN4OS/c1-15-11-12-21(31-15)24(30)27-16-6-4-7-17(14-16)29-22(18-8-2-3-9-19(18)25)28-20-10-5-13-26-23(20)29/h2-3,5,8-13,16-17H,4,6-7,14H2,1H3,(H,27,30)/t16-,17+/m1/s1. The number of benzene rings is 1. The van der Waals surface area contributed by atoms with Crippen molar-refractivity contribution < 1.29 is 9.18 Å². The van der Waals surface area contributed by atoms with E-state index in [0.717, 1.165) is 46.6 Å². The van der Waals surface area contributed by atoms with Gasteiger partial charge in [0.15, 0.2) is 5.65 Å². The first-order valence-corrected chi connectivity index (χ1v) is 11.4. The number of nitrogens with zero attached hydrogens (tertiary/aromatic N) is 3. The lowest BCUT2D eigenvalue weighted by molar-refractivity contribution is 0.0925. The van der Waals surface area contributed by atoms with E-state index in [-0.39, 0.29) is 23.8 Å². The summed E-state index contributed by atoms with van der Waals surface area (Å²) in [6, 6.07) is 14.5. The molecule has 1 amide bonds. The molecule has 1 aromatic carbocycles. The number of pyridine rings is 1. The molecule has 0 spiro atoms. The van der Waals surface area contributed by atoms with Crippen LogP contribution in [0.4, 0.5) is 4.39 Å². The van der Waals surface area contributed by atoms with E-state index in [1.807, 2.05) is 37.3 Å². The van der Waals surface area contributed by atoms with Crippen molar-refractivity contribution in [3.8, 4) is 11.4 Å². The Hall–Kier alpha value is -3.06. The number of imidazole rings is 1. The van der Waals surface area contributed by atoms with E-state index in [4.69, 9.17) is 4.98 Å². The molecule has 4 aromatic rings. The number of thiophene rings is 1. The van der Waals surface area contributed by atoms with Crippen LogP contribution in [0.15, 0.2) is 54.7 Å². The predicted molar refractivity (Wildman–Crippen MR) is 121 cm³/mol. The van der Waals surface area contributed by atoms with E-state index < -0.39 is 0 Å². The van der Waals surface area contributed by atoms with Gasteiger partial charge in [-0.25, -0.2) is 14.4 Å². The largest absolute Gasteiger partial charge is 0.349 e. The Kier molecular flexibility index (Phi) is 5.28. The number of rotatable bonds is 4. The average Bonchev–Trinajstić information content (AvgIpc) is 3.38. The van der Waals surface area contributed by atoms with E-state index in [9.17, 15) is 9.18 Å². The molecule has 1 saturated carbocycles. The molecule has 1 aliphatic rings. The first-order valence-electron chi connectivity index (χ1n) is 10.6. The second-order valence-corrected chi connectivity index (χ2v) is 9.32. The molecule has 5 rings (SSSR count). The van der Waals surface area contributed by atoms with Crippen molar-refractivity contribution >= 4 is 28.4 Å². The van der Waals surface area contributed by atoms with Crippen molar-refractivity contribution in [3.63, 3.8) is 0 Å². The van der Waals surface area contributed by atoms with E-state index in [1.165, 1.54) is 17.4 Å². The lowest BCUT2D eigenvalue weighted by Crippen LogP contribution is -2.38. The van der Waals surface area contributed by atoms with Gasteiger partial charge < -0.3 is 9.88 Å². The van der Waals surface area contributed by atoms with Crippen molar-refractivity contribution in [2.45, 2.75) is 44.7 Å². The van der Waals surface area contributed by atoms with Gasteiger partial charge in [-0.15, -0.1) is 11.3 Å². The molecule has 3 aromatic heterocycles. The van der Waals surface area contributed by atoms with Crippen LogP contribution in [0.2, 0.25) is 0 Å². The highest BCUT2D eigenvalue weighted by Gasteiger charge is 2.29. The summed E-state index contributed by atoms with van der Waals surface area (Å²) in [6.45, 7) is 2.00. The number of amides is 1. The fourth-order valence-corrected chi connectivity index (χ4v) is 5.22. The fourth-order valence-electron chi connectivity index (χ4n) is 4.45. The van der Waals surface area contributed by atoms with E-state index >= 15 is 0 Å². The number of nitrogens with one attached hydrogen (secondary N) is 1. The summed E-state index contributed by atoms with van der Waals surface area (Å²) in [5.41, 5.74) is 1.98. The molecule has 1 aliphatic carbocycles. The van der Waals surface area contributed by atoms with Crippen LogP contribution in [-0.2, 0) is 0 Å². The summed E-state index contributed by atoms with van der Waals surface area (Å²) in [7, 11) is 0. The van der Waals surface area contributed by atoms with Gasteiger partial charge in [0, 0.05) is 23.2 Å². The summed E-state index contributed by atoms with van der Waals surface area (Å²) in [4.78, 5) is 23.8. The molecule has 0 radical (unpaired) electrons. The minimum absolute atomic E-state index is 0.0216. The van der Waals surface area contributed by atoms with E-state index in [0.29, 0.717) is 11.4 Å². The van der Waals surface area contributed by atoms with Gasteiger partial charge in [0.05, 0.1) is 10.4 Å². The molecule has 0 bridgehead atoms. The molecule has 1 fully saturated rings. The van der Waals surface area contributed by atoms with Gasteiger partial charge in [-0.2, -0.15) is 0 Å². The Morgan fingerprint density at radius 3 is 2.84 bits per heavy atom. The number of carbonyl (C=O) groups excluding carboxylic acids is 1. The Morgan fingerprint density at radius 2 is 2.03 bits per heavy atom.